The minimum Gasteiger partial charge on any atom is -0.373 e. The molecule has 150 valence electrons. The highest BCUT2D eigenvalue weighted by Gasteiger charge is 2.22. The standard InChI is InChI=1S/C22H32N6/c1-17-25-20(15-21(26-17)28-10-3-4-11-28)14-18-7-12-27(13-8-18)16-19-6-5-9-24-22(19)23-2/h5-6,9,15,18H,3-4,7-8,10-14,16H2,1-2H3,(H,23,24). The Kier molecular flexibility index (Phi) is 6.05. The molecule has 28 heavy (non-hydrogen) atoms. The van der Waals surface area contributed by atoms with Crippen LogP contribution in [0.15, 0.2) is 24.4 Å². The van der Waals surface area contributed by atoms with Crippen molar-refractivity contribution in [2.45, 2.75) is 45.6 Å². The van der Waals surface area contributed by atoms with Gasteiger partial charge in [-0.1, -0.05) is 6.07 Å². The molecule has 2 aromatic heterocycles. The van der Waals surface area contributed by atoms with Crippen LogP contribution in [0.2, 0.25) is 0 Å². The Labute approximate surface area is 168 Å². The molecule has 1 N–H and O–H groups in total. The summed E-state index contributed by atoms with van der Waals surface area (Å²) < 4.78 is 0. The fourth-order valence-corrected chi connectivity index (χ4v) is 4.50. The summed E-state index contributed by atoms with van der Waals surface area (Å²) in [4.78, 5) is 18.8. The van der Waals surface area contributed by atoms with Gasteiger partial charge in [-0.05, 0) is 64.1 Å². The Hall–Kier alpha value is -2.21. The molecule has 4 heterocycles. The summed E-state index contributed by atoms with van der Waals surface area (Å²) in [6, 6.07) is 6.44. The summed E-state index contributed by atoms with van der Waals surface area (Å²) in [5.74, 6) is 3.76. The number of aryl methyl sites for hydroxylation is 1. The molecule has 0 radical (unpaired) electrons. The van der Waals surface area contributed by atoms with Gasteiger partial charge in [0.1, 0.15) is 17.5 Å². The highest BCUT2D eigenvalue weighted by molar-refractivity contribution is 5.43. The minimum absolute atomic E-state index is 0.717. The number of aromatic nitrogens is 3. The Morgan fingerprint density at radius 2 is 1.89 bits per heavy atom. The number of pyridine rings is 1. The molecular weight excluding hydrogens is 348 g/mol. The molecule has 0 spiro atoms. The van der Waals surface area contributed by atoms with Gasteiger partial charge in [-0.2, -0.15) is 0 Å². The third-order valence-corrected chi connectivity index (χ3v) is 6.03. The van der Waals surface area contributed by atoms with Gasteiger partial charge in [0.05, 0.1) is 0 Å². The normalized spacial score (nSPS) is 18.6. The Morgan fingerprint density at radius 1 is 1.11 bits per heavy atom. The molecule has 2 aromatic rings. The van der Waals surface area contributed by atoms with Crippen molar-refractivity contribution in [1.29, 1.82) is 0 Å². The largest absolute Gasteiger partial charge is 0.373 e. The van der Waals surface area contributed by atoms with Crippen molar-refractivity contribution >= 4 is 11.6 Å². The molecule has 2 saturated heterocycles. The first kappa shape index (κ1) is 19.1. The van der Waals surface area contributed by atoms with Crippen LogP contribution >= 0.6 is 0 Å². The van der Waals surface area contributed by atoms with E-state index >= 15 is 0 Å². The van der Waals surface area contributed by atoms with E-state index in [0.717, 1.165) is 62.5 Å². The van der Waals surface area contributed by atoms with E-state index in [4.69, 9.17) is 4.98 Å². The first-order chi connectivity index (χ1) is 13.7. The number of anilines is 2. The van der Waals surface area contributed by atoms with E-state index in [1.807, 2.05) is 26.2 Å². The summed E-state index contributed by atoms with van der Waals surface area (Å²) >= 11 is 0. The number of piperidine rings is 1. The maximum absolute atomic E-state index is 4.74. The average Bonchev–Trinajstić information content (AvgIpc) is 3.24. The van der Waals surface area contributed by atoms with Crippen LogP contribution in [0, 0.1) is 12.8 Å². The van der Waals surface area contributed by atoms with Gasteiger partial charge < -0.3 is 10.2 Å². The van der Waals surface area contributed by atoms with Crippen molar-refractivity contribution in [2.24, 2.45) is 5.92 Å². The zero-order chi connectivity index (χ0) is 19.3. The maximum atomic E-state index is 4.74. The smallest absolute Gasteiger partial charge is 0.132 e. The topological polar surface area (TPSA) is 57.2 Å². The zero-order valence-electron chi connectivity index (χ0n) is 17.2. The Balaban J connectivity index is 1.33. The van der Waals surface area contributed by atoms with Crippen LogP contribution in [-0.4, -0.2) is 53.1 Å². The summed E-state index contributed by atoms with van der Waals surface area (Å²) in [7, 11) is 1.94. The van der Waals surface area contributed by atoms with Gasteiger partial charge in [0.15, 0.2) is 0 Å². The first-order valence-corrected chi connectivity index (χ1v) is 10.6. The first-order valence-electron chi connectivity index (χ1n) is 10.6. The van der Waals surface area contributed by atoms with E-state index in [-0.39, 0.29) is 0 Å². The van der Waals surface area contributed by atoms with Crippen LogP contribution in [0.4, 0.5) is 11.6 Å². The molecule has 4 rings (SSSR count). The van der Waals surface area contributed by atoms with Crippen LogP contribution in [0.1, 0.15) is 42.8 Å². The second-order valence-electron chi connectivity index (χ2n) is 8.14. The molecule has 6 nitrogen and oxygen atoms in total. The monoisotopic (exact) mass is 380 g/mol. The number of hydrogen-bond acceptors (Lipinski definition) is 6. The maximum Gasteiger partial charge on any atom is 0.132 e. The second-order valence-corrected chi connectivity index (χ2v) is 8.14. The highest BCUT2D eigenvalue weighted by atomic mass is 15.2. The third kappa shape index (κ3) is 4.61. The van der Waals surface area contributed by atoms with Crippen molar-refractivity contribution < 1.29 is 0 Å². The molecule has 2 aliphatic rings. The zero-order valence-corrected chi connectivity index (χ0v) is 17.2. The fraction of sp³-hybridized carbons (Fsp3) is 0.591. The van der Waals surface area contributed by atoms with E-state index in [1.165, 1.54) is 36.9 Å². The van der Waals surface area contributed by atoms with Gasteiger partial charge in [0.25, 0.3) is 0 Å². The molecule has 2 fully saturated rings. The molecule has 0 amide bonds. The third-order valence-electron chi connectivity index (χ3n) is 6.03. The molecule has 0 saturated carbocycles. The molecule has 0 aliphatic carbocycles. The van der Waals surface area contributed by atoms with Crippen LogP contribution in [0.5, 0.6) is 0 Å². The fourth-order valence-electron chi connectivity index (χ4n) is 4.50. The Morgan fingerprint density at radius 3 is 2.64 bits per heavy atom. The second kappa shape index (κ2) is 8.86. The number of likely N-dealkylation sites (tertiary alicyclic amines) is 1. The Bertz CT molecular complexity index is 778. The molecule has 0 unspecified atom stereocenters. The van der Waals surface area contributed by atoms with Crippen LogP contribution in [0.3, 0.4) is 0 Å². The van der Waals surface area contributed by atoms with Crippen LogP contribution in [-0.2, 0) is 13.0 Å². The molecular formula is C22H32N6. The molecule has 0 bridgehead atoms. The van der Waals surface area contributed by atoms with Gasteiger partial charge in [-0.15, -0.1) is 0 Å². The SMILES string of the molecule is CNc1ncccc1CN1CCC(Cc2cc(N3CCCC3)nc(C)n2)CC1. The van der Waals surface area contributed by atoms with E-state index in [1.54, 1.807) is 0 Å². The summed E-state index contributed by atoms with van der Waals surface area (Å²) in [5, 5.41) is 3.20. The van der Waals surface area contributed by atoms with Crippen molar-refractivity contribution in [3.63, 3.8) is 0 Å². The number of nitrogens with one attached hydrogen (secondary N) is 1. The van der Waals surface area contributed by atoms with Gasteiger partial charge in [0, 0.05) is 50.2 Å². The van der Waals surface area contributed by atoms with E-state index in [9.17, 15) is 0 Å². The van der Waals surface area contributed by atoms with Gasteiger partial charge in [-0.25, -0.2) is 15.0 Å². The molecule has 6 heteroatoms. The number of rotatable bonds is 6. The summed E-state index contributed by atoms with van der Waals surface area (Å²) in [6.07, 6.45) is 7.95. The highest BCUT2D eigenvalue weighted by Crippen LogP contribution is 2.25. The average molecular weight is 381 g/mol. The van der Waals surface area contributed by atoms with Gasteiger partial charge in [-0.3, -0.25) is 4.90 Å². The molecule has 0 aromatic carbocycles. The van der Waals surface area contributed by atoms with Gasteiger partial charge in [0.2, 0.25) is 0 Å². The lowest BCUT2D eigenvalue weighted by Crippen LogP contribution is -2.34. The molecule has 2 aliphatic heterocycles. The van der Waals surface area contributed by atoms with Gasteiger partial charge >= 0.3 is 0 Å². The minimum atomic E-state index is 0.717. The quantitative estimate of drug-likeness (QED) is 0.830. The van der Waals surface area contributed by atoms with E-state index < -0.39 is 0 Å². The van der Waals surface area contributed by atoms with Crippen LogP contribution < -0.4 is 10.2 Å². The van der Waals surface area contributed by atoms with Crippen molar-refractivity contribution in [3.8, 4) is 0 Å². The van der Waals surface area contributed by atoms with Crippen molar-refractivity contribution in [3.05, 3.63) is 41.5 Å². The number of nitrogens with zero attached hydrogens (tertiary/aromatic N) is 5. The van der Waals surface area contributed by atoms with E-state index in [0.29, 0.717) is 0 Å². The summed E-state index contributed by atoms with van der Waals surface area (Å²) in [6.45, 7) is 7.56. The predicted octanol–water partition coefficient (Wildman–Crippen LogP) is 3.28. The number of hydrogen-bond donors (Lipinski definition) is 1. The lowest BCUT2D eigenvalue weighted by Gasteiger charge is -2.32. The lowest BCUT2D eigenvalue weighted by molar-refractivity contribution is 0.176. The van der Waals surface area contributed by atoms with E-state index in [2.05, 4.69) is 37.2 Å². The lowest BCUT2D eigenvalue weighted by atomic mass is 9.92. The predicted molar refractivity (Wildman–Crippen MR) is 114 cm³/mol. The van der Waals surface area contributed by atoms with Crippen LogP contribution in [0.25, 0.3) is 0 Å². The van der Waals surface area contributed by atoms with Crippen molar-refractivity contribution in [1.82, 2.24) is 19.9 Å². The molecule has 0 atom stereocenters. The summed E-state index contributed by atoms with van der Waals surface area (Å²) in [5.41, 5.74) is 2.50. The van der Waals surface area contributed by atoms with Crippen molar-refractivity contribution in [2.75, 3.05) is 43.4 Å².